The molecule has 5 heteroatoms. The third-order valence-corrected chi connectivity index (χ3v) is 8.40. The first kappa shape index (κ1) is 20.7. The monoisotopic (exact) mass is 529 g/mol. The molecule has 3 heterocycles. The Hall–Kier alpha value is -4.22. The van der Waals surface area contributed by atoms with Crippen LogP contribution < -0.4 is 9.80 Å². The third-order valence-electron chi connectivity index (χ3n) is 7.42. The van der Waals surface area contributed by atoms with E-state index in [0.717, 1.165) is 43.7 Å². The normalized spacial score (nSPS) is 14.6. The van der Waals surface area contributed by atoms with E-state index in [1.54, 1.807) is 11.8 Å². The highest BCUT2D eigenvalue weighted by Crippen LogP contribution is 2.42. The van der Waals surface area contributed by atoms with Gasteiger partial charge >= 0.3 is 0 Å². The van der Waals surface area contributed by atoms with Crippen LogP contribution in [0.3, 0.4) is 0 Å². The maximum atomic E-state index is 8.04. The van der Waals surface area contributed by atoms with Crippen molar-refractivity contribution in [3.05, 3.63) is 115 Å². The first-order valence-corrected chi connectivity index (χ1v) is 14.0. The zero-order valence-electron chi connectivity index (χ0n) is 24.9. The Morgan fingerprint density at radius 3 is 2.44 bits per heavy atom. The molecule has 0 radical (unpaired) electrons. The summed E-state index contributed by atoms with van der Waals surface area (Å²) in [5.41, 5.74) is 6.10. The number of para-hydroxylation sites is 3. The number of hydrogen-bond acceptors (Lipinski definition) is 4. The van der Waals surface area contributed by atoms with Gasteiger partial charge in [0.1, 0.15) is 5.82 Å². The highest BCUT2D eigenvalue weighted by molar-refractivity contribution is 7.99. The number of rotatable bonds is 5. The Morgan fingerprint density at radius 2 is 1.56 bits per heavy atom. The highest BCUT2D eigenvalue weighted by atomic mass is 32.2. The van der Waals surface area contributed by atoms with E-state index in [9.17, 15) is 0 Å². The van der Waals surface area contributed by atoms with Crippen LogP contribution >= 0.6 is 11.8 Å². The summed E-state index contributed by atoms with van der Waals surface area (Å²) in [4.78, 5) is 10.5. The number of hydrogen-bond donors (Lipinski definition) is 0. The third kappa shape index (κ3) is 4.14. The lowest BCUT2D eigenvalue weighted by Gasteiger charge is -2.20. The second-order valence-corrected chi connectivity index (χ2v) is 11.4. The molecule has 4 aromatic carbocycles. The number of pyridine rings is 1. The van der Waals surface area contributed by atoms with E-state index in [4.69, 9.17) is 9.10 Å². The molecule has 39 heavy (non-hydrogen) atoms. The van der Waals surface area contributed by atoms with Gasteiger partial charge in [-0.05, 0) is 72.1 Å². The van der Waals surface area contributed by atoms with E-state index in [1.165, 1.54) is 21.2 Å². The van der Waals surface area contributed by atoms with Crippen molar-refractivity contribution >= 4 is 50.6 Å². The van der Waals surface area contributed by atoms with Crippen molar-refractivity contribution in [1.29, 1.82) is 0 Å². The Morgan fingerprint density at radius 1 is 0.769 bits per heavy atom. The molecule has 6 aromatic rings. The molecule has 0 bridgehead atoms. The lowest BCUT2D eigenvalue weighted by atomic mass is 10.1. The molecule has 4 nitrogen and oxygen atoms in total. The molecule has 7 rings (SSSR count). The summed E-state index contributed by atoms with van der Waals surface area (Å²) in [5.74, 6) is 1.33. The summed E-state index contributed by atoms with van der Waals surface area (Å²) in [6.45, 7) is 2.47. The van der Waals surface area contributed by atoms with E-state index in [1.807, 2.05) is 42.6 Å². The summed E-state index contributed by atoms with van der Waals surface area (Å²) in [7, 11) is 0. The molecule has 1 aliphatic heterocycles. The van der Waals surface area contributed by atoms with Crippen molar-refractivity contribution in [2.45, 2.75) is 29.6 Å². The number of benzene rings is 4. The average molecular weight is 530 g/mol. The van der Waals surface area contributed by atoms with Crippen molar-refractivity contribution < 1.29 is 4.11 Å². The van der Waals surface area contributed by atoms with Gasteiger partial charge in [0.25, 0.3) is 0 Å². The molecule has 0 N–H and O–H groups in total. The summed E-state index contributed by atoms with van der Waals surface area (Å²) in [6.07, 6.45) is 1.90. The van der Waals surface area contributed by atoms with Crippen LogP contribution in [0.2, 0.25) is 0 Å². The zero-order valence-corrected chi connectivity index (χ0v) is 22.7. The lowest BCUT2D eigenvalue weighted by molar-refractivity contribution is 0.858. The minimum absolute atomic E-state index is 0.276. The van der Waals surface area contributed by atoms with Crippen molar-refractivity contribution in [2.24, 2.45) is 0 Å². The zero-order chi connectivity index (χ0) is 29.0. The van der Waals surface area contributed by atoms with Crippen LogP contribution in [-0.2, 0) is 0 Å². The summed E-state index contributed by atoms with van der Waals surface area (Å²) >= 11 is 1.70. The van der Waals surface area contributed by atoms with E-state index in [2.05, 4.69) is 90.0 Å². The number of nitrogens with zero attached hydrogens (tertiary/aromatic N) is 4. The minimum Gasteiger partial charge on any atom is -0.355 e. The van der Waals surface area contributed by atoms with Gasteiger partial charge in [0.15, 0.2) is 0 Å². The van der Waals surface area contributed by atoms with Gasteiger partial charge in [0.05, 0.1) is 29.1 Å². The van der Waals surface area contributed by atoms with Crippen molar-refractivity contribution in [2.75, 3.05) is 23.4 Å². The molecule has 0 amide bonds. The molecule has 0 aliphatic carbocycles. The molecule has 0 fully saturated rings. The van der Waals surface area contributed by atoms with Crippen LogP contribution in [-0.4, -0.2) is 23.2 Å². The van der Waals surface area contributed by atoms with Crippen LogP contribution in [0.1, 0.15) is 29.4 Å². The number of fused-ring (bicyclic) bond motifs is 4. The molecule has 0 saturated carbocycles. The largest absolute Gasteiger partial charge is 0.355 e. The molecule has 1 aliphatic rings. The van der Waals surface area contributed by atoms with Gasteiger partial charge in [-0.15, -0.1) is 0 Å². The van der Waals surface area contributed by atoms with Gasteiger partial charge in [-0.1, -0.05) is 68.1 Å². The average Bonchev–Trinajstić information content (AvgIpc) is 3.54. The van der Waals surface area contributed by atoms with Crippen LogP contribution in [0.15, 0.2) is 119 Å². The maximum absolute atomic E-state index is 8.04. The summed E-state index contributed by atoms with van der Waals surface area (Å²) in [5, 5.41) is 2.40. The second-order valence-electron chi connectivity index (χ2n) is 10.2. The number of anilines is 3. The molecular formula is C34H30N4S. The van der Waals surface area contributed by atoms with Gasteiger partial charge < -0.3 is 9.80 Å². The van der Waals surface area contributed by atoms with Crippen molar-refractivity contribution in [1.82, 2.24) is 9.55 Å². The summed E-state index contributed by atoms with van der Waals surface area (Å²) < 4.78 is 26.4. The van der Waals surface area contributed by atoms with Gasteiger partial charge in [-0.3, -0.25) is 4.57 Å². The smallest absolute Gasteiger partial charge is 0.137 e. The van der Waals surface area contributed by atoms with E-state index in [-0.39, 0.29) is 6.67 Å². The minimum atomic E-state index is -2.21. The van der Waals surface area contributed by atoms with E-state index >= 15 is 0 Å². The first-order chi connectivity index (χ1) is 20.3. The van der Waals surface area contributed by atoms with Gasteiger partial charge in [0.2, 0.25) is 0 Å². The number of aromatic nitrogens is 2. The highest BCUT2D eigenvalue weighted by Gasteiger charge is 2.24. The Labute approximate surface area is 237 Å². The Kier molecular flexibility index (Phi) is 5.05. The SMILES string of the molecule is [2H]C([2H])([2H])N1CN(c2cccc(Sc3ccc4c5ccccc5n(-c5cc(C(C)C)ccn5)c4c3)c2)c2ccccc21. The molecule has 0 spiro atoms. The van der Waals surface area contributed by atoms with Gasteiger partial charge in [0, 0.05) is 43.5 Å². The molecule has 2 aromatic heterocycles. The van der Waals surface area contributed by atoms with E-state index < -0.39 is 6.98 Å². The van der Waals surface area contributed by atoms with Gasteiger partial charge in [-0.25, -0.2) is 4.98 Å². The van der Waals surface area contributed by atoms with Crippen molar-refractivity contribution in [3.63, 3.8) is 0 Å². The lowest BCUT2D eigenvalue weighted by Crippen LogP contribution is -2.23. The van der Waals surface area contributed by atoms with Crippen LogP contribution in [0.4, 0.5) is 17.1 Å². The van der Waals surface area contributed by atoms with Crippen LogP contribution in [0.25, 0.3) is 27.6 Å². The Bertz CT molecular complexity index is 1950. The standard InChI is InChI=1S/C34H30N4S/c1-23(2)24-17-18-35-34(19-24)38-30-12-5-4-11-28(30)29-16-15-27(21-33(29)38)39-26-10-8-9-25(20-26)37-22-36(3)31-13-6-7-14-32(31)37/h4-21,23H,22H2,1-3H3/i3D3. The van der Waals surface area contributed by atoms with Gasteiger partial charge in [-0.2, -0.15) is 0 Å². The predicted molar refractivity (Wildman–Crippen MR) is 165 cm³/mol. The molecule has 0 atom stereocenters. The van der Waals surface area contributed by atoms with Crippen molar-refractivity contribution in [3.8, 4) is 5.82 Å². The topological polar surface area (TPSA) is 24.3 Å². The molecule has 0 unspecified atom stereocenters. The van der Waals surface area contributed by atoms with Crippen LogP contribution in [0.5, 0.6) is 0 Å². The molecular weight excluding hydrogens is 496 g/mol. The first-order valence-electron chi connectivity index (χ1n) is 14.7. The molecule has 192 valence electrons. The molecule has 0 saturated heterocycles. The quantitative estimate of drug-likeness (QED) is 0.222. The fourth-order valence-electron chi connectivity index (χ4n) is 5.46. The fourth-order valence-corrected chi connectivity index (χ4v) is 6.37. The maximum Gasteiger partial charge on any atom is 0.137 e. The predicted octanol–water partition coefficient (Wildman–Crippen LogP) is 9.00. The van der Waals surface area contributed by atoms with Crippen LogP contribution in [0, 0.1) is 0 Å². The second kappa shape index (κ2) is 9.51. The summed E-state index contributed by atoms with van der Waals surface area (Å²) in [6, 6.07) is 35.4. The Balaban J connectivity index is 1.27. The fraction of sp³-hybridized carbons (Fsp3) is 0.147. The van der Waals surface area contributed by atoms with E-state index in [0.29, 0.717) is 5.92 Å².